The first-order valence-electron chi connectivity index (χ1n) is 13.3. The zero-order chi connectivity index (χ0) is 28.7. The van der Waals surface area contributed by atoms with Crippen LogP contribution in [0.1, 0.15) is 48.1 Å². The molecule has 0 aliphatic rings. The van der Waals surface area contributed by atoms with Crippen molar-refractivity contribution in [3.05, 3.63) is 94.5 Å². The van der Waals surface area contributed by atoms with Crippen molar-refractivity contribution in [1.82, 2.24) is 10.2 Å². The fourth-order valence-corrected chi connectivity index (χ4v) is 5.99. The summed E-state index contributed by atoms with van der Waals surface area (Å²) in [5.41, 5.74) is 4.85. The smallest absolute Gasteiger partial charge is 0.264 e. The summed E-state index contributed by atoms with van der Waals surface area (Å²) in [4.78, 5) is 28.8. The van der Waals surface area contributed by atoms with Crippen LogP contribution in [0.25, 0.3) is 0 Å². The van der Waals surface area contributed by atoms with Gasteiger partial charge in [-0.3, -0.25) is 13.9 Å². The van der Waals surface area contributed by atoms with Crippen LogP contribution >= 0.6 is 0 Å². The summed E-state index contributed by atoms with van der Waals surface area (Å²) in [5, 5.41) is 2.83. The minimum Gasteiger partial charge on any atom is -0.355 e. The van der Waals surface area contributed by atoms with Gasteiger partial charge in [-0.2, -0.15) is 0 Å². The standard InChI is InChI=1S/C31H39N3O4S/c1-7-28(31(36)32-8-2)33(20-26-12-10-9-11-24(26)5)30(35)21-34(29-19-23(4)13-16-25(29)6)39(37,38)27-17-14-22(3)15-18-27/h9-19,28H,7-8,20-21H2,1-6H3,(H,32,36). The predicted octanol–water partition coefficient (Wildman–Crippen LogP) is 5.06. The number of likely N-dealkylation sites (N-methyl/N-ethyl adjacent to an activating group) is 1. The molecule has 0 spiro atoms. The third-order valence-corrected chi connectivity index (χ3v) is 8.63. The number of anilines is 1. The van der Waals surface area contributed by atoms with E-state index in [0.29, 0.717) is 18.7 Å². The number of carbonyl (C=O) groups is 2. The van der Waals surface area contributed by atoms with E-state index in [-0.39, 0.29) is 17.3 Å². The molecule has 2 amide bonds. The third-order valence-electron chi connectivity index (χ3n) is 6.86. The van der Waals surface area contributed by atoms with E-state index in [4.69, 9.17) is 0 Å². The van der Waals surface area contributed by atoms with Crippen LogP contribution in [0.5, 0.6) is 0 Å². The molecule has 8 heteroatoms. The van der Waals surface area contributed by atoms with Crippen molar-refractivity contribution >= 4 is 27.5 Å². The molecular formula is C31H39N3O4S. The Kier molecular flexibility index (Phi) is 9.92. The van der Waals surface area contributed by atoms with Gasteiger partial charge < -0.3 is 10.2 Å². The molecule has 0 bridgehead atoms. The third kappa shape index (κ3) is 7.06. The number of nitrogens with zero attached hydrogens (tertiary/aromatic N) is 2. The number of aryl methyl sites for hydroxylation is 4. The summed E-state index contributed by atoms with van der Waals surface area (Å²) in [5.74, 6) is -0.713. The maximum atomic E-state index is 14.1. The Morgan fingerprint density at radius 1 is 0.846 bits per heavy atom. The second-order valence-corrected chi connectivity index (χ2v) is 11.7. The number of nitrogens with one attached hydrogen (secondary N) is 1. The highest BCUT2D eigenvalue weighted by molar-refractivity contribution is 7.92. The van der Waals surface area contributed by atoms with Crippen molar-refractivity contribution in [1.29, 1.82) is 0 Å². The molecule has 0 radical (unpaired) electrons. The first kappa shape index (κ1) is 29.9. The highest BCUT2D eigenvalue weighted by Crippen LogP contribution is 2.29. The minimum atomic E-state index is -4.10. The lowest BCUT2D eigenvalue weighted by molar-refractivity contribution is -0.140. The molecule has 39 heavy (non-hydrogen) atoms. The average Bonchev–Trinajstić information content (AvgIpc) is 2.90. The van der Waals surface area contributed by atoms with E-state index in [1.165, 1.54) is 9.21 Å². The lowest BCUT2D eigenvalue weighted by Gasteiger charge is -2.34. The average molecular weight is 550 g/mol. The van der Waals surface area contributed by atoms with Gasteiger partial charge in [-0.25, -0.2) is 8.42 Å². The minimum absolute atomic E-state index is 0.100. The first-order valence-corrected chi connectivity index (χ1v) is 14.7. The summed E-state index contributed by atoms with van der Waals surface area (Å²) in [6.45, 7) is 11.4. The summed E-state index contributed by atoms with van der Waals surface area (Å²) >= 11 is 0. The van der Waals surface area contributed by atoms with Crippen LogP contribution in [0.3, 0.4) is 0 Å². The van der Waals surface area contributed by atoms with E-state index in [2.05, 4.69) is 5.32 Å². The molecule has 208 valence electrons. The normalized spacial score (nSPS) is 12.1. The van der Waals surface area contributed by atoms with Crippen molar-refractivity contribution in [3.63, 3.8) is 0 Å². The van der Waals surface area contributed by atoms with Crippen LogP contribution < -0.4 is 9.62 Å². The second-order valence-electron chi connectivity index (χ2n) is 9.88. The zero-order valence-corrected chi connectivity index (χ0v) is 24.5. The molecule has 0 aromatic heterocycles. The molecule has 1 unspecified atom stereocenters. The molecule has 0 aliphatic carbocycles. The molecule has 1 atom stereocenters. The predicted molar refractivity (Wildman–Crippen MR) is 156 cm³/mol. The van der Waals surface area contributed by atoms with Crippen LogP contribution in [0.15, 0.2) is 71.6 Å². The molecule has 0 saturated heterocycles. The molecule has 3 rings (SSSR count). The van der Waals surface area contributed by atoms with Crippen molar-refractivity contribution in [3.8, 4) is 0 Å². The van der Waals surface area contributed by atoms with Gasteiger partial charge in [0.25, 0.3) is 10.0 Å². The molecular weight excluding hydrogens is 510 g/mol. The molecule has 1 N–H and O–H groups in total. The highest BCUT2D eigenvalue weighted by atomic mass is 32.2. The van der Waals surface area contributed by atoms with E-state index in [1.807, 2.05) is 77.9 Å². The van der Waals surface area contributed by atoms with E-state index >= 15 is 0 Å². The Hall–Kier alpha value is -3.65. The maximum Gasteiger partial charge on any atom is 0.264 e. The lowest BCUT2D eigenvalue weighted by atomic mass is 10.1. The molecule has 7 nitrogen and oxygen atoms in total. The number of benzene rings is 3. The van der Waals surface area contributed by atoms with Gasteiger partial charge in [0.05, 0.1) is 10.6 Å². The van der Waals surface area contributed by atoms with Crippen molar-refractivity contribution < 1.29 is 18.0 Å². The van der Waals surface area contributed by atoms with Crippen molar-refractivity contribution in [2.45, 2.75) is 65.4 Å². The zero-order valence-electron chi connectivity index (χ0n) is 23.7. The van der Waals surface area contributed by atoms with Gasteiger partial charge in [0.1, 0.15) is 12.6 Å². The van der Waals surface area contributed by atoms with E-state index < -0.39 is 28.5 Å². The number of rotatable bonds is 11. The number of carbonyl (C=O) groups excluding carboxylic acids is 2. The fourth-order valence-electron chi connectivity index (χ4n) is 4.52. The summed E-state index contributed by atoms with van der Waals surface area (Å²) in [6, 6.07) is 19.1. The molecule has 3 aromatic carbocycles. The summed E-state index contributed by atoms with van der Waals surface area (Å²) in [7, 11) is -4.10. The second kappa shape index (κ2) is 12.9. The lowest BCUT2D eigenvalue weighted by Crippen LogP contribution is -2.52. The monoisotopic (exact) mass is 549 g/mol. The van der Waals surface area contributed by atoms with Gasteiger partial charge in [0, 0.05) is 13.1 Å². The summed E-state index contributed by atoms with van der Waals surface area (Å²) in [6.07, 6.45) is 0.387. The number of amides is 2. The van der Waals surface area contributed by atoms with Gasteiger partial charge in [-0.15, -0.1) is 0 Å². The van der Waals surface area contributed by atoms with Crippen LogP contribution in [-0.4, -0.2) is 44.3 Å². The van der Waals surface area contributed by atoms with Crippen LogP contribution in [0.4, 0.5) is 5.69 Å². The molecule has 3 aromatic rings. The Balaban J connectivity index is 2.12. The van der Waals surface area contributed by atoms with Crippen LogP contribution in [0, 0.1) is 27.7 Å². The molecule has 0 aliphatic heterocycles. The van der Waals surface area contributed by atoms with E-state index in [1.54, 1.807) is 30.3 Å². The largest absolute Gasteiger partial charge is 0.355 e. The first-order chi connectivity index (χ1) is 18.5. The van der Waals surface area contributed by atoms with Crippen molar-refractivity contribution in [2.24, 2.45) is 0 Å². The Morgan fingerprint density at radius 2 is 1.49 bits per heavy atom. The van der Waals surface area contributed by atoms with Crippen LogP contribution in [0.2, 0.25) is 0 Å². The maximum absolute atomic E-state index is 14.1. The summed E-state index contributed by atoms with van der Waals surface area (Å²) < 4.78 is 29.2. The molecule has 0 heterocycles. The van der Waals surface area contributed by atoms with E-state index in [0.717, 1.165) is 27.8 Å². The van der Waals surface area contributed by atoms with Crippen LogP contribution in [-0.2, 0) is 26.2 Å². The number of sulfonamides is 1. The Labute approximate surface area is 232 Å². The fraction of sp³-hybridized carbons (Fsp3) is 0.355. The Morgan fingerprint density at radius 3 is 2.10 bits per heavy atom. The topological polar surface area (TPSA) is 86.8 Å². The quantitative estimate of drug-likeness (QED) is 0.362. The van der Waals surface area contributed by atoms with Gasteiger partial charge >= 0.3 is 0 Å². The SMILES string of the molecule is CCNC(=O)C(CC)N(Cc1ccccc1C)C(=O)CN(c1cc(C)ccc1C)S(=O)(=O)c1ccc(C)cc1. The van der Waals surface area contributed by atoms with Gasteiger partial charge in [-0.05, 0) is 81.5 Å². The molecule has 0 fully saturated rings. The highest BCUT2D eigenvalue weighted by Gasteiger charge is 2.34. The molecule has 0 saturated carbocycles. The van der Waals surface area contributed by atoms with E-state index in [9.17, 15) is 18.0 Å². The Bertz CT molecular complexity index is 1420. The van der Waals surface area contributed by atoms with Gasteiger partial charge in [0.15, 0.2) is 0 Å². The number of hydrogen-bond donors (Lipinski definition) is 1. The van der Waals surface area contributed by atoms with Gasteiger partial charge in [0.2, 0.25) is 11.8 Å². The number of hydrogen-bond acceptors (Lipinski definition) is 4. The van der Waals surface area contributed by atoms with Gasteiger partial charge in [-0.1, -0.05) is 61.0 Å². The van der Waals surface area contributed by atoms with Crippen molar-refractivity contribution in [2.75, 3.05) is 17.4 Å².